The van der Waals surface area contributed by atoms with Crippen LogP contribution in [0.3, 0.4) is 0 Å². The number of non-ortho nitro benzene ring substituents is 1. The lowest BCUT2D eigenvalue weighted by Gasteiger charge is -2.34. The van der Waals surface area contributed by atoms with Gasteiger partial charge in [0.1, 0.15) is 17.1 Å². The normalized spacial score (nSPS) is 18.3. The molecule has 1 aliphatic rings. The van der Waals surface area contributed by atoms with Crippen molar-refractivity contribution in [3.8, 4) is 11.5 Å². The molecule has 1 aliphatic heterocycles. The Morgan fingerprint density at radius 3 is 2.54 bits per heavy atom. The van der Waals surface area contributed by atoms with Crippen molar-refractivity contribution < 1.29 is 29.9 Å². The molecule has 1 atom stereocenters. The molecule has 134 valence electrons. The molecule has 0 saturated heterocycles. The number of rotatable bonds is 4. The van der Waals surface area contributed by atoms with Gasteiger partial charge in [-0.3, -0.25) is 20.1 Å². The number of carbonyl (C=O) groups excluding carboxylic acids is 1. The Balaban J connectivity index is 2.17. The summed E-state index contributed by atoms with van der Waals surface area (Å²) in [7, 11) is 0. The van der Waals surface area contributed by atoms with Gasteiger partial charge in [-0.25, -0.2) is 5.48 Å². The number of carbonyl (C=O) groups is 1. The number of phenolic OH excluding ortho intramolecular Hbond substituents is 1. The second kappa shape index (κ2) is 6.47. The number of hydrogen-bond donors (Lipinski definition) is 4. The van der Waals surface area contributed by atoms with Crippen LogP contribution in [-0.4, -0.2) is 26.3 Å². The van der Waals surface area contributed by atoms with Crippen molar-refractivity contribution in [2.45, 2.75) is 12.0 Å². The standard InChI is InChI=1S/C17H14N2O7/c20-12-4-1-10(2-5-12)14-9-26-15-6-3-11(19(24)25)7-13(15)17(14,22)8-16(21)18-23/h1-7,9,20,22-23H,8H2,(H,18,21). The minimum absolute atomic E-state index is 0.00115. The second-order valence-corrected chi connectivity index (χ2v) is 5.71. The van der Waals surface area contributed by atoms with E-state index in [0.29, 0.717) is 5.56 Å². The van der Waals surface area contributed by atoms with Crippen LogP contribution in [0.5, 0.6) is 11.5 Å². The van der Waals surface area contributed by atoms with Gasteiger partial charge >= 0.3 is 0 Å². The molecular formula is C17H14N2O7. The van der Waals surface area contributed by atoms with E-state index in [9.17, 15) is 25.1 Å². The molecule has 1 amide bonds. The zero-order valence-corrected chi connectivity index (χ0v) is 13.2. The highest BCUT2D eigenvalue weighted by molar-refractivity contribution is 5.85. The molecule has 0 saturated carbocycles. The van der Waals surface area contributed by atoms with Gasteiger partial charge in [0.25, 0.3) is 5.69 Å². The predicted octanol–water partition coefficient (Wildman–Crippen LogP) is 1.82. The van der Waals surface area contributed by atoms with Gasteiger partial charge in [0.15, 0.2) is 0 Å². The average Bonchev–Trinajstić information content (AvgIpc) is 2.62. The maximum Gasteiger partial charge on any atom is 0.270 e. The van der Waals surface area contributed by atoms with E-state index in [4.69, 9.17) is 9.94 Å². The molecule has 0 fully saturated rings. The summed E-state index contributed by atoms with van der Waals surface area (Å²) in [5, 5.41) is 40.7. The van der Waals surface area contributed by atoms with E-state index in [-0.39, 0.29) is 28.3 Å². The number of nitro benzene ring substituents is 1. The van der Waals surface area contributed by atoms with Crippen LogP contribution in [0.15, 0.2) is 48.7 Å². The molecule has 3 rings (SSSR count). The van der Waals surface area contributed by atoms with Crippen molar-refractivity contribution in [3.05, 3.63) is 70.0 Å². The third kappa shape index (κ3) is 2.96. The largest absolute Gasteiger partial charge is 0.508 e. The van der Waals surface area contributed by atoms with Crippen LogP contribution in [0.1, 0.15) is 17.5 Å². The number of aliphatic hydroxyl groups is 1. The first kappa shape index (κ1) is 17.4. The monoisotopic (exact) mass is 358 g/mol. The van der Waals surface area contributed by atoms with Crippen molar-refractivity contribution in [1.29, 1.82) is 0 Å². The maximum atomic E-state index is 11.8. The van der Waals surface area contributed by atoms with Crippen molar-refractivity contribution >= 4 is 17.2 Å². The fourth-order valence-electron chi connectivity index (χ4n) is 2.83. The quantitative estimate of drug-likeness (QED) is 0.371. The summed E-state index contributed by atoms with van der Waals surface area (Å²) in [5.74, 6) is -0.748. The molecule has 0 bridgehead atoms. The van der Waals surface area contributed by atoms with Gasteiger partial charge in [-0.05, 0) is 23.8 Å². The highest BCUT2D eigenvalue weighted by Crippen LogP contribution is 2.47. The van der Waals surface area contributed by atoms with Gasteiger partial charge in [0.2, 0.25) is 5.91 Å². The van der Waals surface area contributed by atoms with Crippen LogP contribution in [0.2, 0.25) is 0 Å². The zero-order chi connectivity index (χ0) is 18.9. The number of ether oxygens (including phenoxy) is 1. The summed E-state index contributed by atoms with van der Waals surface area (Å²) in [6.45, 7) is 0. The topological polar surface area (TPSA) is 142 Å². The minimum Gasteiger partial charge on any atom is -0.508 e. The Kier molecular flexibility index (Phi) is 4.33. The first-order valence-corrected chi connectivity index (χ1v) is 7.46. The van der Waals surface area contributed by atoms with Crippen LogP contribution < -0.4 is 10.2 Å². The number of aromatic hydroxyl groups is 1. The van der Waals surface area contributed by atoms with Gasteiger partial charge in [0.05, 0.1) is 17.6 Å². The molecule has 1 heterocycles. The molecule has 26 heavy (non-hydrogen) atoms. The van der Waals surface area contributed by atoms with Crippen LogP contribution >= 0.6 is 0 Å². The molecule has 1 unspecified atom stereocenters. The molecule has 0 aromatic heterocycles. The number of benzene rings is 2. The van der Waals surface area contributed by atoms with E-state index < -0.39 is 22.9 Å². The van der Waals surface area contributed by atoms with Crippen LogP contribution in [0.25, 0.3) is 5.57 Å². The number of phenols is 1. The Labute approximate surface area is 146 Å². The zero-order valence-electron chi connectivity index (χ0n) is 13.2. The summed E-state index contributed by atoms with van der Waals surface area (Å²) < 4.78 is 5.46. The van der Waals surface area contributed by atoms with Gasteiger partial charge in [-0.2, -0.15) is 0 Å². The SMILES string of the molecule is O=C(CC1(O)C(c2ccc(O)cc2)=COc2ccc([N+](=O)[O-])cc21)NO. The highest BCUT2D eigenvalue weighted by Gasteiger charge is 2.43. The van der Waals surface area contributed by atoms with Crippen molar-refractivity contribution in [3.63, 3.8) is 0 Å². The van der Waals surface area contributed by atoms with E-state index in [1.807, 2.05) is 0 Å². The van der Waals surface area contributed by atoms with Gasteiger partial charge in [-0.15, -0.1) is 0 Å². The number of amides is 1. The molecule has 4 N–H and O–H groups in total. The van der Waals surface area contributed by atoms with E-state index >= 15 is 0 Å². The van der Waals surface area contributed by atoms with E-state index in [0.717, 1.165) is 6.07 Å². The van der Waals surface area contributed by atoms with Gasteiger partial charge < -0.3 is 14.9 Å². The summed E-state index contributed by atoms with van der Waals surface area (Å²) in [6.07, 6.45) is 0.624. The lowest BCUT2D eigenvalue weighted by Crippen LogP contribution is -2.37. The minimum atomic E-state index is -2.00. The Hall–Kier alpha value is -3.43. The summed E-state index contributed by atoms with van der Waals surface area (Å²) in [6, 6.07) is 9.40. The molecule has 2 aromatic carbocycles. The smallest absolute Gasteiger partial charge is 0.270 e. The number of hydroxylamine groups is 1. The first-order valence-electron chi connectivity index (χ1n) is 7.46. The first-order chi connectivity index (χ1) is 12.3. The van der Waals surface area contributed by atoms with Crippen LogP contribution in [-0.2, 0) is 10.4 Å². The van der Waals surface area contributed by atoms with Crippen LogP contribution in [0, 0.1) is 10.1 Å². The van der Waals surface area contributed by atoms with Crippen molar-refractivity contribution in [2.24, 2.45) is 0 Å². The van der Waals surface area contributed by atoms with Gasteiger partial charge in [-0.1, -0.05) is 12.1 Å². The maximum absolute atomic E-state index is 11.8. The number of nitrogens with zero attached hydrogens (tertiary/aromatic N) is 1. The Morgan fingerprint density at radius 2 is 1.92 bits per heavy atom. The van der Waals surface area contributed by atoms with E-state index in [1.54, 1.807) is 0 Å². The van der Waals surface area contributed by atoms with Gasteiger partial charge in [0, 0.05) is 23.3 Å². The molecule has 2 aromatic rings. The summed E-state index contributed by atoms with van der Waals surface area (Å²) in [5.41, 5.74) is -0.254. The van der Waals surface area contributed by atoms with Crippen molar-refractivity contribution in [2.75, 3.05) is 0 Å². The predicted molar refractivity (Wildman–Crippen MR) is 88.3 cm³/mol. The fourth-order valence-corrected chi connectivity index (χ4v) is 2.83. The number of nitro groups is 1. The Morgan fingerprint density at radius 1 is 1.23 bits per heavy atom. The van der Waals surface area contributed by atoms with Crippen molar-refractivity contribution in [1.82, 2.24) is 5.48 Å². The Bertz CT molecular complexity index is 908. The molecule has 0 radical (unpaired) electrons. The lowest BCUT2D eigenvalue weighted by atomic mass is 9.78. The summed E-state index contributed by atoms with van der Waals surface area (Å²) >= 11 is 0. The molecule has 9 nitrogen and oxygen atoms in total. The fraction of sp³-hybridized carbons (Fsp3) is 0.118. The van der Waals surface area contributed by atoms with E-state index in [2.05, 4.69) is 0 Å². The summed E-state index contributed by atoms with van der Waals surface area (Å²) in [4.78, 5) is 22.2. The van der Waals surface area contributed by atoms with Crippen LogP contribution in [0.4, 0.5) is 5.69 Å². The lowest BCUT2D eigenvalue weighted by molar-refractivity contribution is -0.385. The number of fused-ring (bicyclic) bond motifs is 1. The second-order valence-electron chi connectivity index (χ2n) is 5.71. The number of hydrogen-bond acceptors (Lipinski definition) is 7. The molecular weight excluding hydrogens is 344 g/mol. The highest BCUT2D eigenvalue weighted by atomic mass is 16.6. The average molecular weight is 358 g/mol. The molecule has 9 heteroatoms. The van der Waals surface area contributed by atoms with E-state index in [1.165, 1.54) is 48.1 Å². The molecule has 0 aliphatic carbocycles. The third-order valence-corrected chi connectivity index (χ3v) is 4.09. The molecule has 0 spiro atoms. The third-order valence-electron chi connectivity index (χ3n) is 4.09. The number of nitrogens with one attached hydrogen (secondary N) is 1.